The topological polar surface area (TPSA) is 156 Å². The summed E-state index contributed by atoms with van der Waals surface area (Å²) in [4.78, 5) is 46.8. The summed E-state index contributed by atoms with van der Waals surface area (Å²) in [5.41, 5.74) is 5.36. The van der Waals surface area contributed by atoms with Crippen LogP contribution in [0.4, 0.5) is 23.4 Å². The van der Waals surface area contributed by atoms with Crippen LogP contribution in [0, 0.1) is 17.7 Å². The molecule has 6 rings (SSSR count). The molecule has 2 aromatic heterocycles. The second-order valence-corrected chi connectivity index (χ2v) is 17.3. The molecule has 342 valence electrons. The van der Waals surface area contributed by atoms with Gasteiger partial charge in [-0.05, 0) is 100 Å². The number of rotatable bonds is 15. The fraction of sp³-hybridized carbons (Fsp3) is 0.545. The van der Waals surface area contributed by atoms with E-state index in [1.165, 1.54) is 19.1 Å². The number of carbonyl (C=O) groups is 2. The molecule has 5 heterocycles. The number of piperidine rings is 1. The normalized spacial score (nSPS) is 20.3. The smallest absolute Gasteiger partial charge is 0.410 e. The third-order valence-electron chi connectivity index (χ3n) is 11.8. The molecule has 0 saturated carbocycles. The van der Waals surface area contributed by atoms with Gasteiger partial charge in [0.1, 0.15) is 29.7 Å². The molecule has 3 aliphatic heterocycles. The molecule has 2 unspecified atom stereocenters. The summed E-state index contributed by atoms with van der Waals surface area (Å²) < 4.78 is 72.6. The Bertz CT molecular complexity index is 2220. The summed E-state index contributed by atoms with van der Waals surface area (Å²) in [5.74, 6) is -0.138. The first-order valence-corrected chi connectivity index (χ1v) is 21.7. The predicted octanol–water partition coefficient (Wildman–Crippen LogP) is 7.28. The number of halogens is 5. The third-order valence-corrected chi connectivity index (χ3v) is 12.1. The van der Waals surface area contributed by atoms with Gasteiger partial charge in [0.25, 0.3) is 5.88 Å². The summed E-state index contributed by atoms with van der Waals surface area (Å²) in [7, 11) is 0. The van der Waals surface area contributed by atoms with Gasteiger partial charge in [0.2, 0.25) is 11.8 Å². The first-order valence-electron chi connectivity index (χ1n) is 21.3. The largest absolute Gasteiger partial charge is 0.475 e. The van der Waals surface area contributed by atoms with E-state index in [2.05, 4.69) is 33.5 Å². The quantitative estimate of drug-likeness (QED) is 0.0708. The maximum absolute atomic E-state index is 16.4. The first-order chi connectivity index (χ1) is 29.9. The van der Waals surface area contributed by atoms with Gasteiger partial charge < -0.3 is 34.4 Å². The Morgan fingerprint density at radius 1 is 1.08 bits per heavy atom. The number of hydrogen-bond donors (Lipinski definition) is 1. The fourth-order valence-corrected chi connectivity index (χ4v) is 8.64. The molecule has 0 aliphatic carbocycles. The molecule has 3 aromatic rings. The number of ether oxygens (including phenoxy) is 2. The van der Waals surface area contributed by atoms with Crippen molar-refractivity contribution >= 4 is 46.4 Å². The van der Waals surface area contributed by atoms with Crippen LogP contribution in [0.2, 0.25) is 5.02 Å². The molecule has 2 amide bonds. The van der Waals surface area contributed by atoms with Crippen molar-refractivity contribution in [1.29, 1.82) is 0 Å². The predicted molar refractivity (Wildman–Crippen MR) is 232 cm³/mol. The number of amides is 2. The van der Waals surface area contributed by atoms with Crippen molar-refractivity contribution in [3.05, 3.63) is 70.5 Å². The molecule has 3 fully saturated rings. The fourth-order valence-electron chi connectivity index (χ4n) is 8.39. The standard InChI is InChI=1S/C44H56ClF4N9O5/c1-7-37(59)56-15-16-57(29(6)24-56)41-31-20-33(45)32(23-51-35(50)19-27(4)22-44(47,48)49)39(46)40(31)52-43(53-41)61-18-17-55-13-10-30(11-14-55)25-62-36-21-34(63-54-36)38(26(2)3)42(60)58-12-8-9-28(58)5/h7,19-23,26,28-30,38H,1,8-18,24-25,50H2,2-6H3/b27-22+,35-19-,51-23+/t28?,29-,38?/m0/s1. The van der Waals surface area contributed by atoms with Crippen LogP contribution in [0.1, 0.15) is 77.5 Å². The minimum Gasteiger partial charge on any atom is -0.475 e. The second kappa shape index (κ2) is 20.5. The molecule has 14 nitrogen and oxygen atoms in total. The lowest BCUT2D eigenvalue weighted by molar-refractivity contribution is -0.135. The highest BCUT2D eigenvalue weighted by Gasteiger charge is 2.36. The highest BCUT2D eigenvalue weighted by atomic mass is 35.5. The van der Waals surface area contributed by atoms with Crippen molar-refractivity contribution in [3.63, 3.8) is 0 Å². The Balaban J connectivity index is 1.11. The van der Waals surface area contributed by atoms with E-state index < -0.39 is 17.9 Å². The van der Waals surface area contributed by atoms with Gasteiger partial charge in [0.15, 0.2) is 11.6 Å². The number of nitrogens with two attached hydrogens (primary N) is 1. The zero-order valence-electron chi connectivity index (χ0n) is 36.3. The number of likely N-dealkylation sites (tertiary alicyclic amines) is 2. The Morgan fingerprint density at radius 2 is 1.83 bits per heavy atom. The number of piperazine rings is 1. The van der Waals surface area contributed by atoms with E-state index in [1.807, 2.05) is 30.6 Å². The lowest BCUT2D eigenvalue weighted by atomic mass is 9.91. The maximum atomic E-state index is 16.4. The molecule has 63 heavy (non-hydrogen) atoms. The Hall–Kier alpha value is -5.23. The number of nitrogens with zero attached hydrogens (tertiary/aromatic N) is 8. The molecule has 0 bridgehead atoms. The Kier molecular flexibility index (Phi) is 15.4. The number of hydrogen-bond acceptors (Lipinski definition) is 12. The Morgan fingerprint density at radius 3 is 2.48 bits per heavy atom. The SMILES string of the molecule is C=CC(=O)N1CCN(c2nc(OCCN3CCC(COc4cc(C(C(=O)N5CCCC5C)C(C)C)on4)CC3)nc3c(F)c(/C=N/C(N)=C\C(C)=C\C(F)(F)F)c(Cl)cc23)[C@@H](C)C1. The van der Waals surface area contributed by atoms with E-state index in [-0.39, 0.29) is 81.9 Å². The second-order valence-electron chi connectivity index (χ2n) is 16.9. The summed E-state index contributed by atoms with van der Waals surface area (Å²) in [6.45, 7) is 17.4. The lowest BCUT2D eigenvalue weighted by Gasteiger charge is -2.40. The van der Waals surface area contributed by atoms with E-state index in [1.54, 1.807) is 11.0 Å². The number of aromatic nitrogens is 3. The molecule has 3 aliphatic rings. The molecule has 0 spiro atoms. The third kappa shape index (κ3) is 11.9. The zero-order chi connectivity index (χ0) is 45.6. The average molecular weight is 902 g/mol. The highest BCUT2D eigenvalue weighted by Crippen LogP contribution is 2.36. The number of alkyl halides is 3. The maximum Gasteiger partial charge on any atom is 0.410 e. The lowest BCUT2D eigenvalue weighted by Crippen LogP contribution is -2.53. The van der Waals surface area contributed by atoms with Gasteiger partial charge in [0.05, 0.1) is 11.6 Å². The molecule has 2 N–H and O–H groups in total. The van der Waals surface area contributed by atoms with Crippen LogP contribution in [-0.4, -0.2) is 125 Å². The van der Waals surface area contributed by atoms with Crippen molar-refractivity contribution < 1.29 is 41.1 Å². The molecule has 19 heteroatoms. The van der Waals surface area contributed by atoms with Crippen LogP contribution in [0.3, 0.4) is 0 Å². The van der Waals surface area contributed by atoms with Gasteiger partial charge in [0, 0.05) is 74.1 Å². The number of fused-ring (bicyclic) bond motifs is 1. The highest BCUT2D eigenvalue weighted by molar-refractivity contribution is 6.34. The molecular weight excluding hydrogens is 846 g/mol. The van der Waals surface area contributed by atoms with E-state index in [0.29, 0.717) is 55.6 Å². The Labute approximate surface area is 369 Å². The van der Waals surface area contributed by atoms with Gasteiger partial charge in [-0.25, -0.2) is 9.38 Å². The van der Waals surface area contributed by atoms with Crippen LogP contribution in [0.15, 0.2) is 57.8 Å². The van der Waals surface area contributed by atoms with Crippen molar-refractivity contribution in [3.8, 4) is 11.9 Å². The minimum atomic E-state index is -4.55. The zero-order valence-corrected chi connectivity index (χ0v) is 37.1. The summed E-state index contributed by atoms with van der Waals surface area (Å²) in [6.07, 6.45) is 2.57. The number of carbonyl (C=O) groups excluding carboxylic acids is 2. The minimum absolute atomic E-state index is 0.0370. The first kappa shape index (κ1) is 47.3. The summed E-state index contributed by atoms with van der Waals surface area (Å²) >= 11 is 6.59. The van der Waals surface area contributed by atoms with Crippen LogP contribution in [0.5, 0.6) is 11.9 Å². The number of allylic oxidation sites excluding steroid dienone is 3. The van der Waals surface area contributed by atoms with Crippen molar-refractivity contribution in [2.24, 2.45) is 22.6 Å². The summed E-state index contributed by atoms with van der Waals surface area (Å²) in [5, 5.41) is 4.37. The van der Waals surface area contributed by atoms with Gasteiger partial charge in [-0.1, -0.05) is 32.0 Å². The van der Waals surface area contributed by atoms with Gasteiger partial charge in [-0.3, -0.25) is 14.5 Å². The van der Waals surface area contributed by atoms with Crippen LogP contribution in [0.25, 0.3) is 10.9 Å². The van der Waals surface area contributed by atoms with Crippen LogP contribution in [-0.2, 0) is 9.59 Å². The number of benzene rings is 1. The van der Waals surface area contributed by atoms with Gasteiger partial charge in [-0.15, -0.1) is 0 Å². The monoisotopic (exact) mass is 901 g/mol. The van der Waals surface area contributed by atoms with E-state index >= 15 is 4.39 Å². The van der Waals surface area contributed by atoms with Gasteiger partial charge in [-0.2, -0.15) is 23.1 Å². The number of aliphatic imine (C=N–C) groups is 1. The molecular formula is C44H56ClF4N9O5. The van der Waals surface area contributed by atoms with Gasteiger partial charge >= 0.3 is 12.2 Å². The molecule has 3 saturated heterocycles. The van der Waals surface area contributed by atoms with Crippen LogP contribution >= 0.6 is 11.6 Å². The van der Waals surface area contributed by atoms with E-state index in [0.717, 1.165) is 57.6 Å². The van der Waals surface area contributed by atoms with E-state index in [4.69, 9.17) is 36.3 Å². The van der Waals surface area contributed by atoms with Crippen LogP contribution < -0.4 is 20.1 Å². The summed E-state index contributed by atoms with van der Waals surface area (Å²) in [6, 6.07) is 3.14. The average Bonchev–Trinajstić information content (AvgIpc) is 3.88. The number of anilines is 1. The molecule has 0 radical (unpaired) electrons. The van der Waals surface area contributed by atoms with E-state index in [9.17, 15) is 22.8 Å². The van der Waals surface area contributed by atoms with Crippen molar-refractivity contribution in [1.82, 2.24) is 29.8 Å². The van der Waals surface area contributed by atoms with Crippen molar-refractivity contribution in [2.45, 2.75) is 84.5 Å². The van der Waals surface area contributed by atoms with Crippen molar-refractivity contribution in [2.75, 3.05) is 63.9 Å². The molecule has 3 atom stereocenters. The molecule has 1 aromatic carbocycles.